The van der Waals surface area contributed by atoms with Crippen molar-refractivity contribution in [3.63, 3.8) is 0 Å². The Labute approximate surface area is 158 Å². The molecule has 4 rings (SSSR count). The summed E-state index contributed by atoms with van der Waals surface area (Å²) in [6.45, 7) is 3.79. The van der Waals surface area contributed by atoms with Gasteiger partial charge in [-0.2, -0.15) is 0 Å². The number of anilines is 1. The Morgan fingerprint density at radius 3 is 1.81 bits per heavy atom. The van der Waals surface area contributed by atoms with E-state index in [2.05, 4.69) is 22.0 Å². The first-order chi connectivity index (χ1) is 13.2. The number of hydrogen-bond acceptors (Lipinski definition) is 3. The quantitative estimate of drug-likeness (QED) is 0.685. The van der Waals surface area contributed by atoms with Gasteiger partial charge in [0.2, 0.25) is 0 Å². The van der Waals surface area contributed by atoms with Crippen LogP contribution in [0, 0.1) is 11.6 Å². The van der Waals surface area contributed by atoms with Crippen molar-refractivity contribution < 1.29 is 8.78 Å². The predicted molar refractivity (Wildman–Crippen MR) is 105 cm³/mol. The Balaban J connectivity index is 0.000000299. The molecule has 0 radical (unpaired) electrons. The van der Waals surface area contributed by atoms with E-state index in [1.165, 1.54) is 23.8 Å². The summed E-state index contributed by atoms with van der Waals surface area (Å²) in [4.78, 5) is 7.89. The molecule has 1 aliphatic rings. The molecule has 0 saturated carbocycles. The van der Waals surface area contributed by atoms with Gasteiger partial charge in [0.1, 0.15) is 17.3 Å². The Kier molecular flexibility index (Phi) is 6.88. The second kappa shape index (κ2) is 9.78. The van der Waals surface area contributed by atoms with Gasteiger partial charge in [-0.15, -0.1) is 0 Å². The molecular weight excluding hydrogens is 344 g/mol. The molecule has 27 heavy (non-hydrogen) atoms. The van der Waals surface area contributed by atoms with E-state index in [1.807, 2.05) is 36.4 Å². The zero-order valence-corrected chi connectivity index (χ0v) is 15.1. The number of pyridine rings is 1. The first-order valence-electron chi connectivity index (χ1n) is 9.04. The van der Waals surface area contributed by atoms with Crippen molar-refractivity contribution in [2.24, 2.45) is 0 Å². The van der Waals surface area contributed by atoms with Crippen molar-refractivity contribution in [1.82, 2.24) is 9.88 Å². The van der Waals surface area contributed by atoms with Crippen LogP contribution in [0.1, 0.15) is 5.56 Å². The highest BCUT2D eigenvalue weighted by Crippen LogP contribution is 2.24. The lowest BCUT2D eigenvalue weighted by atomic mass is 10.2. The van der Waals surface area contributed by atoms with Crippen LogP contribution in [0.4, 0.5) is 14.5 Å². The molecule has 2 heterocycles. The Bertz CT molecular complexity index is 757. The number of hydrogen-bond donors (Lipinski definition) is 0. The van der Waals surface area contributed by atoms with Gasteiger partial charge in [0, 0.05) is 45.1 Å². The van der Waals surface area contributed by atoms with Gasteiger partial charge in [0.05, 0.1) is 0 Å². The second-order valence-corrected chi connectivity index (χ2v) is 6.34. The molecule has 3 aromatic rings. The number of para-hydroxylation sites is 1. The van der Waals surface area contributed by atoms with Crippen molar-refractivity contribution >= 4 is 5.69 Å². The lowest BCUT2D eigenvalue weighted by Gasteiger charge is -2.36. The van der Waals surface area contributed by atoms with E-state index < -0.39 is 11.6 Å². The van der Waals surface area contributed by atoms with Crippen molar-refractivity contribution in [2.75, 3.05) is 31.1 Å². The molecule has 1 aliphatic heterocycles. The molecular formula is C22H23F2N3. The Hall–Kier alpha value is -2.79. The molecule has 1 fully saturated rings. The van der Waals surface area contributed by atoms with Crippen LogP contribution in [0.2, 0.25) is 0 Å². The summed E-state index contributed by atoms with van der Waals surface area (Å²) in [6, 6.07) is 20.0. The van der Waals surface area contributed by atoms with Crippen LogP contribution in [-0.4, -0.2) is 36.1 Å². The van der Waals surface area contributed by atoms with Gasteiger partial charge in [-0.05, 0) is 29.8 Å². The van der Waals surface area contributed by atoms with Crippen LogP contribution in [0.25, 0.3) is 0 Å². The minimum atomic E-state index is -0.480. The molecule has 2 aromatic carbocycles. The van der Waals surface area contributed by atoms with Crippen LogP contribution in [0.3, 0.4) is 0 Å². The first-order valence-corrected chi connectivity index (χ1v) is 9.04. The van der Waals surface area contributed by atoms with Crippen LogP contribution in [0.5, 0.6) is 0 Å². The number of piperazine rings is 1. The SMILES string of the molecule is Fc1cccc(F)c1N1CCN(Cc2ccccc2)CC1.c1ccncc1. The van der Waals surface area contributed by atoms with Crippen molar-refractivity contribution in [3.05, 3.63) is 96.3 Å². The normalized spacial score (nSPS) is 14.4. The van der Waals surface area contributed by atoms with E-state index in [-0.39, 0.29) is 5.69 Å². The van der Waals surface area contributed by atoms with Crippen molar-refractivity contribution in [2.45, 2.75) is 6.54 Å². The largest absolute Gasteiger partial charge is 0.364 e. The molecule has 3 nitrogen and oxygen atoms in total. The number of rotatable bonds is 3. The van der Waals surface area contributed by atoms with E-state index in [0.717, 1.165) is 19.6 Å². The van der Waals surface area contributed by atoms with Crippen LogP contribution < -0.4 is 4.90 Å². The fourth-order valence-corrected chi connectivity index (χ4v) is 3.07. The van der Waals surface area contributed by atoms with Gasteiger partial charge < -0.3 is 4.90 Å². The molecule has 140 valence electrons. The summed E-state index contributed by atoms with van der Waals surface area (Å²) < 4.78 is 27.6. The zero-order valence-electron chi connectivity index (χ0n) is 15.1. The topological polar surface area (TPSA) is 19.4 Å². The van der Waals surface area contributed by atoms with Gasteiger partial charge >= 0.3 is 0 Å². The van der Waals surface area contributed by atoms with Crippen molar-refractivity contribution in [3.8, 4) is 0 Å². The minimum absolute atomic E-state index is 0.108. The Morgan fingerprint density at radius 1 is 0.704 bits per heavy atom. The average molecular weight is 367 g/mol. The van der Waals surface area contributed by atoms with Crippen LogP contribution >= 0.6 is 0 Å². The minimum Gasteiger partial charge on any atom is -0.364 e. The molecule has 0 atom stereocenters. The molecule has 0 spiro atoms. The highest BCUT2D eigenvalue weighted by atomic mass is 19.1. The fraction of sp³-hybridized carbons (Fsp3) is 0.227. The summed E-state index contributed by atoms with van der Waals surface area (Å²) in [6.07, 6.45) is 3.50. The summed E-state index contributed by atoms with van der Waals surface area (Å²) in [5.41, 5.74) is 1.37. The van der Waals surface area contributed by atoms with E-state index in [0.29, 0.717) is 13.1 Å². The van der Waals surface area contributed by atoms with E-state index in [4.69, 9.17) is 0 Å². The summed E-state index contributed by atoms with van der Waals surface area (Å²) >= 11 is 0. The Morgan fingerprint density at radius 2 is 1.30 bits per heavy atom. The van der Waals surface area contributed by atoms with Gasteiger partial charge in [0.25, 0.3) is 0 Å². The molecule has 1 saturated heterocycles. The van der Waals surface area contributed by atoms with E-state index >= 15 is 0 Å². The van der Waals surface area contributed by atoms with E-state index in [9.17, 15) is 8.78 Å². The number of halogens is 2. The maximum absolute atomic E-state index is 13.8. The lowest BCUT2D eigenvalue weighted by molar-refractivity contribution is 0.248. The second-order valence-electron chi connectivity index (χ2n) is 6.34. The zero-order chi connectivity index (χ0) is 18.9. The number of nitrogens with zero attached hydrogens (tertiary/aromatic N) is 3. The average Bonchev–Trinajstić information content (AvgIpc) is 2.72. The molecule has 0 N–H and O–H groups in total. The maximum Gasteiger partial charge on any atom is 0.149 e. The smallest absolute Gasteiger partial charge is 0.149 e. The molecule has 0 aliphatic carbocycles. The molecule has 1 aromatic heterocycles. The third-order valence-electron chi connectivity index (χ3n) is 4.44. The van der Waals surface area contributed by atoms with Crippen LogP contribution in [-0.2, 0) is 6.54 Å². The lowest BCUT2D eigenvalue weighted by Crippen LogP contribution is -2.46. The number of benzene rings is 2. The third-order valence-corrected chi connectivity index (χ3v) is 4.44. The first kappa shape index (κ1) is 19.0. The third kappa shape index (κ3) is 5.59. The van der Waals surface area contributed by atoms with Crippen molar-refractivity contribution in [1.29, 1.82) is 0 Å². The molecule has 0 unspecified atom stereocenters. The van der Waals surface area contributed by atoms with E-state index in [1.54, 1.807) is 17.3 Å². The summed E-state index contributed by atoms with van der Waals surface area (Å²) in [5, 5.41) is 0. The van der Waals surface area contributed by atoms with Crippen LogP contribution in [0.15, 0.2) is 79.1 Å². The van der Waals surface area contributed by atoms with Gasteiger partial charge in [0.15, 0.2) is 0 Å². The molecule has 5 heteroatoms. The summed E-state index contributed by atoms with van der Waals surface area (Å²) in [5.74, 6) is -0.960. The number of aromatic nitrogens is 1. The predicted octanol–water partition coefficient (Wildman–Crippen LogP) is 4.37. The fourth-order valence-electron chi connectivity index (χ4n) is 3.07. The van der Waals surface area contributed by atoms with Gasteiger partial charge in [-0.25, -0.2) is 8.78 Å². The summed E-state index contributed by atoms with van der Waals surface area (Å²) in [7, 11) is 0. The standard InChI is InChI=1S/C17H18F2N2.C5H5N/c18-15-7-4-8-16(19)17(15)21-11-9-20(10-12-21)13-14-5-2-1-3-6-14;1-2-4-6-5-3-1/h1-8H,9-13H2;1-5H. The van der Waals surface area contributed by atoms with Gasteiger partial charge in [-0.1, -0.05) is 42.5 Å². The molecule has 0 amide bonds. The highest BCUT2D eigenvalue weighted by molar-refractivity contribution is 5.49. The van der Waals surface area contributed by atoms with Gasteiger partial charge in [-0.3, -0.25) is 9.88 Å². The maximum atomic E-state index is 13.8. The monoisotopic (exact) mass is 367 g/mol. The highest BCUT2D eigenvalue weighted by Gasteiger charge is 2.22. The molecule has 0 bridgehead atoms.